The lowest BCUT2D eigenvalue weighted by Crippen LogP contribution is -2.38. The number of aliphatic hydroxyl groups is 1. The van der Waals surface area contributed by atoms with E-state index < -0.39 is 0 Å². The van der Waals surface area contributed by atoms with E-state index in [1.165, 1.54) is 0 Å². The molecule has 2 heterocycles. The van der Waals surface area contributed by atoms with Gasteiger partial charge in [0.2, 0.25) is 5.95 Å². The van der Waals surface area contributed by atoms with Gasteiger partial charge in [-0.2, -0.15) is 4.98 Å². The fourth-order valence-electron chi connectivity index (χ4n) is 2.14. The number of hydrogen-bond donors (Lipinski definition) is 1. The normalized spacial score (nSPS) is 20.4. The Bertz CT molecular complexity index is 369. The van der Waals surface area contributed by atoms with Gasteiger partial charge in [0.25, 0.3) is 0 Å². The first kappa shape index (κ1) is 12.1. The third kappa shape index (κ3) is 2.85. The minimum atomic E-state index is 0.254. The third-order valence-corrected chi connectivity index (χ3v) is 3.15. The highest BCUT2D eigenvalue weighted by Gasteiger charge is 2.21. The zero-order valence-electron chi connectivity index (χ0n) is 10.5. The number of rotatable bonds is 3. The number of piperidine rings is 1. The van der Waals surface area contributed by atoms with Crippen LogP contribution in [0.2, 0.25) is 0 Å². The Kier molecular flexibility index (Phi) is 3.78. The van der Waals surface area contributed by atoms with Crippen LogP contribution in [0.1, 0.15) is 12.8 Å². The molecular weight excluding hydrogens is 216 g/mol. The molecule has 5 heteroatoms. The van der Waals surface area contributed by atoms with Gasteiger partial charge in [-0.3, -0.25) is 0 Å². The largest absolute Gasteiger partial charge is 0.396 e. The van der Waals surface area contributed by atoms with E-state index in [9.17, 15) is 5.11 Å². The van der Waals surface area contributed by atoms with Crippen molar-refractivity contribution < 1.29 is 5.11 Å². The van der Waals surface area contributed by atoms with Gasteiger partial charge in [-0.15, -0.1) is 0 Å². The topological polar surface area (TPSA) is 52.5 Å². The molecular formula is C12H20N4O. The third-order valence-electron chi connectivity index (χ3n) is 3.15. The molecule has 0 spiro atoms. The van der Waals surface area contributed by atoms with Crippen molar-refractivity contribution in [2.75, 3.05) is 43.6 Å². The molecule has 2 rings (SSSR count). The minimum Gasteiger partial charge on any atom is -0.396 e. The standard InChI is InChI=1S/C12H20N4O/c1-15(2)11-5-6-13-12(14-11)16-7-3-4-10(8-16)9-17/h5-6,10,17H,3-4,7-9H2,1-2H3. The van der Waals surface area contributed by atoms with Gasteiger partial charge in [-0.25, -0.2) is 4.98 Å². The van der Waals surface area contributed by atoms with Crippen molar-refractivity contribution >= 4 is 11.8 Å². The summed E-state index contributed by atoms with van der Waals surface area (Å²) in [6.07, 6.45) is 3.99. The molecule has 1 fully saturated rings. The van der Waals surface area contributed by atoms with Crippen molar-refractivity contribution in [3.8, 4) is 0 Å². The van der Waals surface area contributed by atoms with Crippen LogP contribution in [0.3, 0.4) is 0 Å². The lowest BCUT2D eigenvalue weighted by molar-refractivity contribution is 0.208. The van der Waals surface area contributed by atoms with E-state index in [4.69, 9.17) is 0 Å². The summed E-state index contributed by atoms with van der Waals surface area (Å²) in [5.74, 6) is 2.05. The van der Waals surface area contributed by atoms with Crippen molar-refractivity contribution in [1.82, 2.24) is 9.97 Å². The zero-order chi connectivity index (χ0) is 12.3. The van der Waals surface area contributed by atoms with Gasteiger partial charge < -0.3 is 14.9 Å². The summed E-state index contributed by atoms with van der Waals surface area (Å²) in [5.41, 5.74) is 0. The molecule has 1 aromatic rings. The van der Waals surface area contributed by atoms with Crippen molar-refractivity contribution in [2.24, 2.45) is 5.92 Å². The molecule has 0 aromatic carbocycles. The van der Waals surface area contributed by atoms with Crippen molar-refractivity contribution in [2.45, 2.75) is 12.8 Å². The molecule has 1 saturated heterocycles. The Morgan fingerprint density at radius 1 is 1.53 bits per heavy atom. The maximum absolute atomic E-state index is 9.22. The lowest BCUT2D eigenvalue weighted by Gasteiger charge is -2.32. The van der Waals surface area contributed by atoms with Crippen LogP contribution in [-0.2, 0) is 0 Å². The molecule has 0 aliphatic carbocycles. The van der Waals surface area contributed by atoms with Crippen LogP contribution in [0, 0.1) is 5.92 Å². The van der Waals surface area contributed by atoms with E-state index in [1.54, 1.807) is 6.20 Å². The number of nitrogens with zero attached hydrogens (tertiary/aromatic N) is 4. The Labute approximate surface area is 102 Å². The van der Waals surface area contributed by atoms with Gasteiger partial charge in [-0.1, -0.05) is 0 Å². The highest BCUT2D eigenvalue weighted by molar-refractivity contribution is 5.42. The Hall–Kier alpha value is -1.36. The molecule has 5 nitrogen and oxygen atoms in total. The summed E-state index contributed by atoms with van der Waals surface area (Å²) >= 11 is 0. The van der Waals surface area contributed by atoms with E-state index in [-0.39, 0.29) is 6.61 Å². The summed E-state index contributed by atoms with van der Waals surface area (Å²) in [4.78, 5) is 13.0. The molecule has 17 heavy (non-hydrogen) atoms. The quantitative estimate of drug-likeness (QED) is 0.839. The second-order valence-electron chi connectivity index (χ2n) is 4.75. The molecule has 1 aliphatic rings. The SMILES string of the molecule is CN(C)c1ccnc(N2CCCC(CO)C2)n1. The smallest absolute Gasteiger partial charge is 0.227 e. The summed E-state index contributed by atoms with van der Waals surface area (Å²) in [5, 5.41) is 9.22. The molecule has 0 bridgehead atoms. The maximum Gasteiger partial charge on any atom is 0.227 e. The maximum atomic E-state index is 9.22. The van der Waals surface area contributed by atoms with Crippen LogP contribution >= 0.6 is 0 Å². The molecule has 0 saturated carbocycles. The Morgan fingerprint density at radius 2 is 2.35 bits per heavy atom. The van der Waals surface area contributed by atoms with Gasteiger partial charge in [0.15, 0.2) is 0 Å². The Balaban J connectivity index is 2.13. The van der Waals surface area contributed by atoms with E-state index in [1.807, 2.05) is 25.1 Å². The molecule has 0 amide bonds. The monoisotopic (exact) mass is 236 g/mol. The first-order valence-corrected chi connectivity index (χ1v) is 6.07. The summed E-state index contributed by atoms with van der Waals surface area (Å²) in [7, 11) is 3.94. The predicted molar refractivity (Wildman–Crippen MR) is 68.4 cm³/mol. The van der Waals surface area contributed by atoms with Gasteiger partial charge in [0.05, 0.1) is 0 Å². The van der Waals surface area contributed by atoms with Gasteiger partial charge in [0, 0.05) is 40.0 Å². The average Bonchev–Trinajstić information content (AvgIpc) is 2.39. The van der Waals surface area contributed by atoms with Crippen LogP contribution in [0.5, 0.6) is 0 Å². The molecule has 1 aliphatic heterocycles. The highest BCUT2D eigenvalue weighted by atomic mass is 16.3. The van der Waals surface area contributed by atoms with Crippen molar-refractivity contribution in [3.63, 3.8) is 0 Å². The average molecular weight is 236 g/mol. The lowest BCUT2D eigenvalue weighted by atomic mass is 9.99. The summed E-state index contributed by atoms with van der Waals surface area (Å²) < 4.78 is 0. The number of aliphatic hydroxyl groups excluding tert-OH is 1. The number of anilines is 2. The molecule has 1 N–H and O–H groups in total. The van der Waals surface area contributed by atoms with Crippen molar-refractivity contribution in [1.29, 1.82) is 0 Å². The van der Waals surface area contributed by atoms with E-state index >= 15 is 0 Å². The molecule has 0 radical (unpaired) electrons. The van der Waals surface area contributed by atoms with Gasteiger partial charge >= 0.3 is 0 Å². The highest BCUT2D eigenvalue weighted by Crippen LogP contribution is 2.21. The van der Waals surface area contributed by atoms with Crippen LogP contribution in [0.25, 0.3) is 0 Å². The first-order valence-electron chi connectivity index (χ1n) is 6.07. The zero-order valence-corrected chi connectivity index (χ0v) is 10.5. The molecule has 1 unspecified atom stereocenters. The van der Waals surface area contributed by atoms with Crippen LogP contribution < -0.4 is 9.80 Å². The second kappa shape index (κ2) is 5.31. The molecule has 1 atom stereocenters. The summed E-state index contributed by atoms with van der Waals surface area (Å²) in [6, 6.07) is 1.90. The fraction of sp³-hybridized carbons (Fsp3) is 0.667. The minimum absolute atomic E-state index is 0.254. The van der Waals surface area contributed by atoms with Gasteiger partial charge in [0.1, 0.15) is 5.82 Å². The second-order valence-corrected chi connectivity index (χ2v) is 4.75. The van der Waals surface area contributed by atoms with E-state index in [0.717, 1.165) is 37.7 Å². The van der Waals surface area contributed by atoms with E-state index in [0.29, 0.717) is 5.92 Å². The summed E-state index contributed by atoms with van der Waals surface area (Å²) in [6.45, 7) is 2.09. The predicted octanol–water partition coefficient (Wildman–Crippen LogP) is 0.751. The van der Waals surface area contributed by atoms with E-state index in [2.05, 4.69) is 14.9 Å². The first-order chi connectivity index (χ1) is 8.20. The Morgan fingerprint density at radius 3 is 3.06 bits per heavy atom. The molecule has 94 valence electrons. The van der Waals surface area contributed by atoms with Crippen LogP contribution in [0.4, 0.5) is 11.8 Å². The number of hydrogen-bond acceptors (Lipinski definition) is 5. The number of aromatic nitrogens is 2. The van der Waals surface area contributed by atoms with Crippen LogP contribution in [-0.4, -0.2) is 48.9 Å². The fourth-order valence-corrected chi connectivity index (χ4v) is 2.14. The van der Waals surface area contributed by atoms with Gasteiger partial charge in [-0.05, 0) is 24.8 Å². The van der Waals surface area contributed by atoms with Crippen molar-refractivity contribution in [3.05, 3.63) is 12.3 Å². The molecule has 1 aromatic heterocycles. The van der Waals surface area contributed by atoms with Crippen LogP contribution in [0.15, 0.2) is 12.3 Å².